The van der Waals surface area contributed by atoms with E-state index in [1.54, 1.807) is 36.4 Å². The van der Waals surface area contributed by atoms with Crippen LogP contribution in [-0.4, -0.2) is 22.7 Å². The van der Waals surface area contributed by atoms with Gasteiger partial charge in [0.2, 0.25) is 5.91 Å². The molecule has 0 unspecified atom stereocenters. The van der Waals surface area contributed by atoms with Crippen molar-refractivity contribution >= 4 is 40.4 Å². The summed E-state index contributed by atoms with van der Waals surface area (Å²) in [5, 5.41) is 4.73. The van der Waals surface area contributed by atoms with Crippen LogP contribution in [0.5, 0.6) is 0 Å². The first-order chi connectivity index (χ1) is 12.6. The summed E-state index contributed by atoms with van der Waals surface area (Å²) in [6.45, 7) is 0. The van der Waals surface area contributed by atoms with E-state index in [0.717, 1.165) is 9.78 Å². The summed E-state index contributed by atoms with van der Waals surface area (Å²) in [4.78, 5) is 43.0. The van der Waals surface area contributed by atoms with Crippen LogP contribution in [0.1, 0.15) is 25.7 Å². The van der Waals surface area contributed by atoms with Crippen molar-refractivity contribution in [3.63, 3.8) is 0 Å². The molecule has 0 spiro atoms. The molecule has 0 saturated heterocycles. The van der Waals surface area contributed by atoms with Crippen LogP contribution in [0.15, 0.2) is 60.1 Å². The molecule has 0 saturated carbocycles. The maximum absolute atomic E-state index is 12.4. The zero-order valence-corrected chi connectivity index (χ0v) is 14.3. The molecule has 7 heteroatoms. The van der Waals surface area contributed by atoms with Gasteiger partial charge in [0.15, 0.2) is 0 Å². The Balaban J connectivity index is 1.49. The highest BCUT2D eigenvalue weighted by Crippen LogP contribution is 2.28. The van der Waals surface area contributed by atoms with Crippen LogP contribution in [-0.2, 0) is 11.2 Å². The first-order valence-corrected chi connectivity index (χ1v) is 8.77. The maximum atomic E-state index is 12.4. The van der Waals surface area contributed by atoms with Gasteiger partial charge in [-0.3, -0.25) is 19.4 Å². The molecule has 26 heavy (non-hydrogen) atoms. The van der Waals surface area contributed by atoms with Crippen LogP contribution in [0.2, 0.25) is 0 Å². The molecule has 0 aliphatic carbocycles. The van der Waals surface area contributed by atoms with Crippen LogP contribution in [0.4, 0.5) is 11.4 Å². The summed E-state index contributed by atoms with van der Waals surface area (Å²) in [5.74, 6) is -0.960. The van der Waals surface area contributed by atoms with E-state index in [2.05, 4.69) is 10.3 Å². The summed E-state index contributed by atoms with van der Waals surface area (Å²) >= 11 is 1.53. The average Bonchev–Trinajstić information content (AvgIpc) is 3.24. The molecule has 4 rings (SSSR count). The Morgan fingerprint density at radius 3 is 2.54 bits per heavy atom. The minimum absolute atomic E-state index is 0.120. The standard InChI is InChI=1S/C19H13N3O3S/c23-16(11-14-3-2-10-26-14)21-12-5-7-13(8-6-12)22-18(24)15-4-1-9-20-17(15)19(22)25/h1-10H,11H2,(H,21,23). The number of rotatable bonds is 4. The van der Waals surface area contributed by atoms with Crippen molar-refractivity contribution in [1.29, 1.82) is 0 Å². The lowest BCUT2D eigenvalue weighted by molar-refractivity contribution is -0.115. The van der Waals surface area contributed by atoms with E-state index in [0.29, 0.717) is 23.4 Å². The largest absolute Gasteiger partial charge is 0.326 e. The van der Waals surface area contributed by atoms with Crippen molar-refractivity contribution < 1.29 is 14.4 Å². The van der Waals surface area contributed by atoms with Crippen molar-refractivity contribution in [2.24, 2.45) is 0 Å². The Morgan fingerprint density at radius 2 is 1.85 bits per heavy atom. The Labute approximate surface area is 153 Å². The summed E-state index contributed by atoms with van der Waals surface area (Å²) in [7, 11) is 0. The first kappa shape index (κ1) is 16.2. The minimum atomic E-state index is -0.444. The summed E-state index contributed by atoms with van der Waals surface area (Å²) < 4.78 is 0. The van der Waals surface area contributed by atoms with Gasteiger partial charge in [0.05, 0.1) is 17.7 Å². The van der Waals surface area contributed by atoms with Crippen molar-refractivity contribution in [2.45, 2.75) is 6.42 Å². The van der Waals surface area contributed by atoms with Crippen LogP contribution in [0.3, 0.4) is 0 Å². The number of benzene rings is 1. The predicted octanol–water partition coefficient (Wildman–Crippen LogP) is 3.12. The van der Waals surface area contributed by atoms with Crippen molar-refractivity contribution in [1.82, 2.24) is 4.98 Å². The number of nitrogens with zero attached hydrogens (tertiary/aromatic N) is 2. The van der Waals surface area contributed by atoms with Crippen molar-refractivity contribution in [3.05, 3.63) is 76.2 Å². The lowest BCUT2D eigenvalue weighted by Crippen LogP contribution is -2.29. The highest BCUT2D eigenvalue weighted by atomic mass is 32.1. The van der Waals surface area contributed by atoms with E-state index < -0.39 is 11.8 Å². The number of anilines is 2. The van der Waals surface area contributed by atoms with E-state index in [1.807, 2.05) is 17.5 Å². The monoisotopic (exact) mass is 363 g/mol. The molecule has 0 radical (unpaired) electrons. The lowest BCUT2D eigenvalue weighted by atomic mass is 10.2. The summed E-state index contributed by atoms with van der Waals surface area (Å²) in [6, 6.07) is 13.6. The molecule has 0 atom stereocenters. The van der Waals surface area contributed by atoms with E-state index in [-0.39, 0.29) is 11.6 Å². The number of thiophene rings is 1. The Kier molecular flexibility index (Phi) is 4.06. The van der Waals surface area contributed by atoms with Gasteiger partial charge in [0.25, 0.3) is 11.8 Å². The van der Waals surface area contributed by atoms with Crippen LogP contribution in [0.25, 0.3) is 0 Å². The van der Waals surface area contributed by atoms with E-state index in [9.17, 15) is 14.4 Å². The summed E-state index contributed by atoms with van der Waals surface area (Å²) in [6.07, 6.45) is 1.79. The van der Waals surface area contributed by atoms with Crippen molar-refractivity contribution in [3.8, 4) is 0 Å². The van der Waals surface area contributed by atoms with Gasteiger partial charge in [-0.05, 0) is 47.8 Å². The molecular formula is C19H13N3O3S. The molecule has 3 amide bonds. The van der Waals surface area contributed by atoms with Gasteiger partial charge >= 0.3 is 0 Å². The lowest BCUT2D eigenvalue weighted by Gasteiger charge is -2.14. The average molecular weight is 363 g/mol. The number of amides is 3. The molecule has 1 aromatic carbocycles. The van der Waals surface area contributed by atoms with Crippen LogP contribution < -0.4 is 10.2 Å². The first-order valence-electron chi connectivity index (χ1n) is 7.89. The van der Waals surface area contributed by atoms with Gasteiger partial charge in [-0.15, -0.1) is 11.3 Å². The Hall–Kier alpha value is -3.32. The van der Waals surface area contributed by atoms with E-state index >= 15 is 0 Å². The second-order valence-electron chi connectivity index (χ2n) is 5.70. The van der Waals surface area contributed by atoms with Gasteiger partial charge in [-0.1, -0.05) is 6.07 Å². The molecule has 2 aromatic heterocycles. The van der Waals surface area contributed by atoms with Crippen LogP contribution >= 0.6 is 11.3 Å². The zero-order chi connectivity index (χ0) is 18.1. The number of pyridine rings is 1. The number of imide groups is 1. The molecular weight excluding hydrogens is 350 g/mol. The number of hydrogen-bond acceptors (Lipinski definition) is 5. The maximum Gasteiger partial charge on any atom is 0.284 e. The van der Waals surface area contributed by atoms with E-state index in [4.69, 9.17) is 0 Å². The third-order valence-corrected chi connectivity index (χ3v) is 4.85. The molecule has 6 nitrogen and oxygen atoms in total. The molecule has 3 aromatic rings. The molecule has 1 aliphatic heterocycles. The molecule has 0 bridgehead atoms. The number of hydrogen-bond donors (Lipinski definition) is 1. The highest BCUT2D eigenvalue weighted by molar-refractivity contribution is 7.10. The number of nitrogens with one attached hydrogen (secondary N) is 1. The second kappa shape index (κ2) is 6.53. The quantitative estimate of drug-likeness (QED) is 0.722. The fraction of sp³-hybridized carbons (Fsp3) is 0.0526. The smallest absolute Gasteiger partial charge is 0.284 e. The molecule has 128 valence electrons. The third kappa shape index (κ3) is 2.89. The SMILES string of the molecule is O=C(Cc1cccs1)Nc1ccc(N2C(=O)c3cccnc3C2=O)cc1. The van der Waals surface area contributed by atoms with Gasteiger partial charge in [-0.2, -0.15) is 0 Å². The van der Waals surface area contributed by atoms with Crippen LogP contribution in [0, 0.1) is 0 Å². The molecule has 0 fully saturated rings. The summed E-state index contributed by atoms with van der Waals surface area (Å²) in [5.41, 5.74) is 1.50. The molecule has 3 heterocycles. The Morgan fingerprint density at radius 1 is 1.04 bits per heavy atom. The second-order valence-corrected chi connectivity index (χ2v) is 6.73. The van der Waals surface area contributed by atoms with Gasteiger partial charge in [0.1, 0.15) is 5.69 Å². The third-order valence-electron chi connectivity index (χ3n) is 3.97. The van der Waals surface area contributed by atoms with Gasteiger partial charge in [0, 0.05) is 16.8 Å². The Bertz CT molecular complexity index is 962. The number of aromatic nitrogens is 1. The number of carbonyl (C=O) groups excluding carboxylic acids is 3. The predicted molar refractivity (Wildman–Crippen MR) is 98.5 cm³/mol. The van der Waals surface area contributed by atoms with Gasteiger partial charge in [-0.25, -0.2) is 4.90 Å². The fourth-order valence-corrected chi connectivity index (χ4v) is 3.48. The molecule has 1 N–H and O–H groups in total. The molecule has 1 aliphatic rings. The topological polar surface area (TPSA) is 79.4 Å². The highest BCUT2D eigenvalue weighted by Gasteiger charge is 2.37. The zero-order valence-electron chi connectivity index (χ0n) is 13.5. The normalized spacial score (nSPS) is 13.0. The number of fused-ring (bicyclic) bond motifs is 1. The van der Waals surface area contributed by atoms with Crippen molar-refractivity contribution in [2.75, 3.05) is 10.2 Å². The van der Waals surface area contributed by atoms with Gasteiger partial charge < -0.3 is 5.32 Å². The number of carbonyl (C=O) groups is 3. The minimum Gasteiger partial charge on any atom is -0.326 e. The van der Waals surface area contributed by atoms with E-state index in [1.165, 1.54) is 17.5 Å². The fourth-order valence-electron chi connectivity index (χ4n) is 2.77.